The summed E-state index contributed by atoms with van der Waals surface area (Å²) in [5.41, 5.74) is 2.36. The van der Waals surface area contributed by atoms with E-state index in [9.17, 15) is 13.2 Å². The second kappa shape index (κ2) is 8.35. The predicted molar refractivity (Wildman–Crippen MR) is 114 cm³/mol. The summed E-state index contributed by atoms with van der Waals surface area (Å²) in [6.45, 7) is 7.10. The molecule has 0 spiro atoms. The average Bonchev–Trinajstić information content (AvgIpc) is 2.65. The number of rotatable bonds is 6. The highest BCUT2D eigenvalue weighted by atomic mass is 32.2. The van der Waals surface area contributed by atoms with Crippen molar-refractivity contribution in [3.63, 3.8) is 0 Å². The van der Waals surface area contributed by atoms with E-state index in [1.165, 1.54) is 10.6 Å². The molecule has 0 saturated carbocycles. The molecule has 0 unspecified atom stereocenters. The Kier molecular flexibility index (Phi) is 6.02. The van der Waals surface area contributed by atoms with Crippen molar-refractivity contribution in [2.45, 2.75) is 38.7 Å². The van der Waals surface area contributed by atoms with E-state index in [1.54, 1.807) is 33.2 Å². The standard InChI is InChI=1S/C21H24N4O4S/c1-13(2)30(27,28)12-18-22-20(16-7-9-19(26)25(5)11-16)24-21(23-18)29-17-8-6-14(3)10-15(17)4/h6-11,13H,12H2,1-5H3. The van der Waals surface area contributed by atoms with E-state index in [0.29, 0.717) is 11.3 Å². The molecule has 9 heteroatoms. The molecule has 3 rings (SSSR count). The van der Waals surface area contributed by atoms with Crippen LogP contribution in [0, 0.1) is 13.8 Å². The molecule has 0 aliphatic carbocycles. The first-order valence-electron chi connectivity index (χ1n) is 9.44. The lowest BCUT2D eigenvalue weighted by Gasteiger charge is -2.12. The van der Waals surface area contributed by atoms with Gasteiger partial charge in [0.25, 0.3) is 0 Å². The number of aromatic nitrogens is 4. The maximum Gasteiger partial charge on any atom is 0.325 e. The zero-order valence-corrected chi connectivity index (χ0v) is 18.4. The van der Waals surface area contributed by atoms with E-state index < -0.39 is 15.1 Å². The van der Waals surface area contributed by atoms with Crippen molar-refractivity contribution in [3.05, 3.63) is 63.8 Å². The van der Waals surface area contributed by atoms with Gasteiger partial charge in [-0.15, -0.1) is 0 Å². The lowest BCUT2D eigenvalue weighted by Crippen LogP contribution is -2.18. The Balaban J connectivity index is 2.09. The number of nitrogens with zero attached hydrogens (tertiary/aromatic N) is 4. The molecule has 0 radical (unpaired) electrons. The Labute approximate surface area is 175 Å². The minimum atomic E-state index is -3.43. The van der Waals surface area contributed by atoms with Crippen LogP contribution in [0.15, 0.2) is 41.3 Å². The Morgan fingerprint density at radius 3 is 2.43 bits per heavy atom. The lowest BCUT2D eigenvalue weighted by molar-refractivity contribution is 0.434. The molecule has 0 atom stereocenters. The van der Waals surface area contributed by atoms with Crippen LogP contribution < -0.4 is 10.3 Å². The largest absolute Gasteiger partial charge is 0.424 e. The zero-order valence-electron chi connectivity index (χ0n) is 17.6. The maximum absolute atomic E-state index is 12.4. The molecule has 158 valence electrons. The van der Waals surface area contributed by atoms with E-state index in [0.717, 1.165) is 11.1 Å². The van der Waals surface area contributed by atoms with Gasteiger partial charge in [-0.25, -0.2) is 13.4 Å². The third kappa shape index (κ3) is 4.91. The lowest BCUT2D eigenvalue weighted by atomic mass is 10.1. The number of aryl methyl sites for hydroxylation is 3. The Bertz CT molecular complexity index is 1250. The molecule has 1 aromatic carbocycles. The first kappa shape index (κ1) is 21.6. The Morgan fingerprint density at radius 2 is 1.80 bits per heavy atom. The molecule has 0 fully saturated rings. The average molecular weight is 429 g/mol. The van der Waals surface area contributed by atoms with Gasteiger partial charge in [0.2, 0.25) is 5.56 Å². The van der Waals surface area contributed by atoms with Gasteiger partial charge in [-0.2, -0.15) is 9.97 Å². The summed E-state index contributed by atoms with van der Waals surface area (Å²) in [6, 6.07) is 8.66. The van der Waals surface area contributed by atoms with Crippen molar-refractivity contribution < 1.29 is 13.2 Å². The van der Waals surface area contributed by atoms with Gasteiger partial charge in [0.05, 0.1) is 5.25 Å². The van der Waals surface area contributed by atoms with Gasteiger partial charge < -0.3 is 9.30 Å². The fourth-order valence-electron chi connectivity index (χ4n) is 2.72. The molecule has 0 aliphatic heterocycles. The Hall–Kier alpha value is -3.07. The normalized spacial score (nSPS) is 11.7. The molecule has 0 amide bonds. The van der Waals surface area contributed by atoms with Crippen LogP contribution in [-0.2, 0) is 22.6 Å². The molecule has 30 heavy (non-hydrogen) atoms. The predicted octanol–water partition coefficient (Wildman–Crippen LogP) is 2.97. The molecule has 2 heterocycles. The third-order valence-electron chi connectivity index (χ3n) is 4.59. The molecule has 0 N–H and O–H groups in total. The first-order chi connectivity index (χ1) is 14.0. The monoisotopic (exact) mass is 428 g/mol. The second-order valence-corrected chi connectivity index (χ2v) is 10.0. The summed E-state index contributed by atoms with van der Waals surface area (Å²) in [7, 11) is -1.82. The van der Waals surface area contributed by atoms with E-state index in [2.05, 4.69) is 15.0 Å². The third-order valence-corrected chi connectivity index (χ3v) is 6.68. The molecule has 0 aliphatic rings. The topological polar surface area (TPSA) is 104 Å². The molecule has 2 aromatic heterocycles. The van der Waals surface area contributed by atoms with Crippen LogP contribution in [-0.4, -0.2) is 33.2 Å². The van der Waals surface area contributed by atoms with Crippen molar-refractivity contribution >= 4 is 9.84 Å². The van der Waals surface area contributed by atoms with Gasteiger partial charge in [0.15, 0.2) is 21.5 Å². The number of hydrogen-bond donors (Lipinski definition) is 0. The summed E-state index contributed by atoms with van der Waals surface area (Å²) in [6.07, 6.45) is 1.58. The summed E-state index contributed by atoms with van der Waals surface area (Å²) in [5, 5.41) is -0.570. The van der Waals surface area contributed by atoms with Crippen LogP contribution in [0.2, 0.25) is 0 Å². The number of sulfone groups is 1. The summed E-state index contributed by atoms with van der Waals surface area (Å²) < 4.78 is 32.1. The SMILES string of the molecule is Cc1ccc(Oc2nc(CS(=O)(=O)C(C)C)nc(-c3ccc(=O)n(C)c3)n2)c(C)c1. The van der Waals surface area contributed by atoms with Crippen LogP contribution in [0.4, 0.5) is 0 Å². The quantitative estimate of drug-likeness (QED) is 0.594. The summed E-state index contributed by atoms with van der Waals surface area (Å²) in [4.78, 5) is 24.6. The van der Waals surface area contributed by atoms with Gasteiger partial charge in [-0.05, 0) is 45.4 Å². The number of benzene rings is 1. The minimum absolute atomic E-state index is 0.00485. The molecule has 3 aromatic rings. The van der Waals surface area contributed by atoms with Crippen molar-refractivity contribution in [2.75, 3.05) is 0 Å². The summed E-state index contributed by atoms with van der Waals surface area (Å²) in [5.74, 6) is 0.544. The number of ether oxygens (including phenoxy) is 1. The van der Waals surface area contributed by atoms with Crippen LogP contribution in [0.5, 0.6) is 11.8 Å². The van der Waals surface area contributed by atoms with E-state index in [4.69, 9.17) is 4.74 Å². The molecule has 0 saturated heterocycles. The molecule has 0 bridgehead atoms. The van der Waals surface area contributed by atoms with E-state index in [1.807, 2.05) is 32.0 Å². The van der Waals surface area contributed by atoms with Gasteiger partial charge >= 0.3 is 6.01 Å². The maximum atomic E-state index is 12.4. The fourth-order valence-corrected chi connectivity index (χ4v) is 3.54. The van der Waals surface area contributed by atoms with Crippen LogP contribution >= 0.6 is 0 Å². The van der Waals surface area contributed by atoms with Gasteiger partial charge in [0, 0.05) is 24.9 Å². The summed E-state index contributed by atoms with van der Waals surface area (Å²) >= 11 is 0. The highest BCUT2D eigenvalue weighted by Crippen LogP contribution is 2.25. The highest BCUT2D eigenvalue weighted by Gasteiger charge is 2.21. The Morgan fingerprint density at radius 1 is 1.07 bits per heavy atom. The van der Waals surface area contributed by atoms with Crippen LogP contribution in [0.1, 0.15) is 30.8 Å². The number of pyridine rings is 1. The van der Waals surface area contributed by atoms with E-state index >= 15 is 0 Å². The van der Waals surface area contributed by atoms with Gasteiger partial charge in [-0.3, -0.25) is 4.79 Å². The number of hydrogen-bond acceptors (Lipinski definition) is 7. The fraction of sp³-hybridized carbons (Fsp3) is 0.333. The van der Waals surface area contributed by atoms with Crippen molar-refractivity contribution in [1.82, 2.24) is 19.5 Å². The van der Waals surface area contributed by atoms with Crippen LogP contribution in [0.3, 0.4) is 0 Å². The minimum Gasteiger partial charge on any atom is -0.424 e. The van der Waals surface area contributed by atoms with Crippen molar-refractivity contribution in [2.24, 2.45) is 7.05 Å². The zero-order chi connectivity index (χ0) is 22.1. The van der Waals surface area contributed by atoms with Crippen molar-refractivity contribution in [3.8, 4) is 23.1 Å². The molecular formula is C21H24N4O4S. The smallest absolute Gasteiger partial charge is 0.325 e. The first-order valence-corrected chi connectivity index (χ1v) is 11.2. The van der Waals surface area contributed by atoms with Crippen LogP contribution in [0.25, 0.3) is 11.4 Å². The molecular weight excluding hydrogens is 404 g/mol. The highest BCUT2D eigenvalue weighted by molar-refractivity contribution is 7.91. The van der Waals surface area contributed by atoms with Gasteiger partial charge in [0.1, 0.15) is 11.5 Å². The second-order valence-electron chi connectivity index (χ2n) is 7.45. The van der Waals surface area contributed by atoms with Crippen molar-refractivity contribution in [1.29, 1.82) is 0 Å². The molecule has 8 nitrogen and oxygen atoms in total. The van der Waals surface area contributed by atoms with E-state index in [-0.39, 0.29) is 29.0 Å². The van der Waals surface area contributed by atoms with Gasteiger partial charge in [-0.1, -0.05) is 17.7 Å².